The van der Waals surface area contributed by atoms with E-state index in [0.717, 1.165) is 17.7 Å². The number of halogens is 2. The molecule has 1 amide bonds. The quantitative estimate of drug-likeness (QED) is 0.654. The Bertz CT molecular complexity index is 767. The lowest BCUT2D eigenvalue weighted by Crippen LogP contribution is -2.29. The highest BCUT2D eigenvalue weighted by Gasteiger charge is 2.13. The Hall–Kier alpha value is -2.67. The van der Waals surface area contributed by atoms with Gasteiger partial charge in [0.25, 0.3) is 0 Å². The molecular formula is C21H26F2N2O3. The molecule has 0 spiro atoms. The van der Waals surface area contributed by atoms with Crippen LogP contribution in [0.15, 0.2) is 42.5 Å². The number of nitrogens with zero attached hydrogens (tertiary/aromatic N) is 1. The van der Waals surface area contributed by atoms with E-state index >= 15 is 0 Å². The minimum Gasteiger partial charge on any atom is -0.490 e. The molecule has 0 bridgehead atoms. The Morgan fingerprint density at radius 2 is 1.75 bits per heavy atom. The molecule has 0 heterocycles. The maximum Gasteiger partial charge on any atom is 0.387 e. The van der Waals surface area contributed by atoms with Crippen LogP contribution < -0.4 is 14.8 Å². The summed E-state index contributed by atoms with van der Waals surface area (Å²) in [5, 5.41) is 2.86. The van der Waals surface area contributed by atoms with Crippen molar-refractivity contribution in [2.24, 2.45) is 0 Å². The van der Waals surface area contributed by atoms with E-state index < -0.39 is 6.61 Å². The van der Waals surface area contributed by atoms with Crippen LogP contribution in [-0.4, -0.2) is 37.6 Å². The lowest BCUT2D eigenvalue weighted by atomic mass is 10.1. The zero-order valence-electron chi connectivity index (χ0n) is 16.4. The van der Waals surface area contributed by atoms with Gasteiger partial charge in [-0.1, -0.05) is 25.1 Å². The number of ether oxygens (including phenoxy) is 2. The maximum atomic E-state index is 12.5. The number of benzene rings is 2. The number of aryl methyl sites for hydroxylation is 1. The third kappa shape index (κ3) is 6.81. The summed E-state index contributed by atoms with van der Waals surface area (Å²) >= 11 is 0. The van der Waals surface area contributed by atoms with Crippen molar-refractivity contribution in [2.45, 2.75) is 33.4 Å². The van der Waals surface area contributed by atoms with Crippen molar-refractivity contribution in [2.75, 3.05) is 25.5 Å². The first kappa shape index (κ1) is 21.6. The number of anilines is 1. The second-order valence-electron chi connectivity index (χ2n) is 6.36. The highest BCUT2D eigenvalue weighted by Crippen LogP contribution is 2.30. The molecule has 0 atom stereocenters. The van der Waals surface area contributed by atoms with E-state index in [1.54, 1.807) is 19.1 Å². The first-order valence-corrected chi connectivity index (χ1v) is 9.19. The van der Waals surface area contributed by atoms with Crippen LogP contribution in [0.25, 0.3) is 0 Å². The predicted octanol–water partition coefficient (Wildman–Crippen LogP) is 4.32. The standard InChI is InChI=1S/C21H26F2N2O3/c1-4-15-6-9-17(10-7-15)24-20(26)14-25(3)13-16-8-11-18(28-21(22)23)19(12-16)27-5-2/h6-12,21H,4-5,13-14H2,1-3H3,(H,24,26). The van der Waals surface area contributed by atoms with E-state index in [1.165, 1.54) is 11.6 Å². The van der Waals surface area contributed by atoms with Crippen molar-refractivity contribution >= 4 is 11.6 Å². The topological polar surface area (TPSA) is 50.8 Å². The largest absolute Gasteiger partial charge is 0.490 e. The van der Waals surface area contributed by atoms with Crippen molar-refractivity contribution in [3.8, 4) is 11.5 Å². The maximum absolute atomic E-state index is 12.5. The third-order valence-corrected chi connectivity index (χ3v) is 4.04. The van der Waals surface area contributed by atoms with Crippen LogP contribution in [0.3, 0.4) is 0 Å². The number of rotatable bonds is 10. The van der Waals surface area contributed by atoms with Gasteiger partial charge in [-0.25, -0.2) is 0 Å². The van der Waals surface area contributed by atoms with Crippen LogP contribution in [0.4, 0.5) is 14.5 Å². The minimum absolute atomic E-state index is 0.00322. The molecule has 0 unspecified atom stereocenters. The fourth-order valence-electron chi connectivity index (χ4n) is 2.75. The van der Waals surface area contributed by atoms with Gasteiger partial charge in [-0.15, -0.1) is 0 Å². The number of likely N-dealkylation sites (N-methyl/N-ethyl adjacent to an activating group) is 1. The Morgan fingerprint density at radius 1 is 1.07 bits per heavy atom. The van der Waals surface area contributed by atoms with Crippen LogP contribution in [-0.2, 0) is 17.8 Å². The van der Waals surface area contributed by atoms with Gasteiger partial charge in [-0.05, 0) is 55.8 Å². The van der Waals surface area contributed by atoms with Crippen molar-refractivity contribution in [3.05, 3.63) is 53.6 Å². The summed E-state index contributed by atoms with van der Waals surface area (Å²) in [7, 11) is 1.81. The fraction of sp³-hybridized carbons (Fsp3) is 0.381. The van der Waals surface area contributed by atoms with Gasteiger partial charge in [0, 0.05) is 12.2 Å². The number of amides is 1. The Balaban J connectivity index is 1.94. The van der Waals surface area contributed by atoms with Gasteiger partial charge in [-0.3, -0.25) is 9.69 Å². The molecule has 0 saturated heterocycles. The van der Waals surface area contributed by atoms with E-state index in [9.17, 15) is 13.6 Å². The second-order valence-corrected chi connectivity index (χ2v) is 6.36. The van der Waals surface area contributed by atoms with Crippen molar-refractivity contribution < 1.29 is 23.0 Å². The molecule has 152 valence electrons. The summed E-state index contributed by atoms with van der Waals surface area (Å²) < 4.78 is 34.8. The summed E-state index contributed by atoms with van der Waals surface area (Å²) in [4.78, 5) is 14.1. The van der Waals surface area contributed by atoms with Crippen LogP contribution in [0, 0.1) is 0 Å². The van der Waals surface area contributed by atoms with Crippen LogP contribution in [0.2, 0.25) is 0 Å². The molecular weight excluding hydrogens is 366 g/mol. The van der Waals surface area contributed by atoms with Crippen molar-refractivity contribution in [1.29, 1.82) is 0 Å². The Kier molecular flexibility index (Phi) is 8.19. The number of hydrogen-bond donors (Lipinski definition) is 1. The minimum atomic E-state index is -2.91. The lowest BCUT2D eigenvalue weighted by molar-refractivity contribution is -0.117. The molecule has 7 heteroatoms. The van der Waals surface area contributed by atoms with E-state index in [2.05, 4.69) is 17.0 Å². The van der Waals surface area contributed by atoms with Crippen molar-refractivity contribution in [3.63, 3.8) is 0 Å². The molecule has 0 fully saturated rings. The lowest BCUT2D eigenvalue weighted by Gasteiger charge is -2.18. The van der Waals surface area contributed by atoms with Gasteiger partial charge < -0.3 is 14.8 Å². The third-order valence-electron chi connectivity index (χ3n) is 4.04. The van der Waals surface area contributed by atoms with Crippen LogP contribution in [0.1, 0.15) is 25.0 Å². The number of carbonyl (C=O) groups is 1. The molecule has 0 aromatic heterocycles. The van der Waals surface area contributed by atoms with Gasteiger partial charge in [0.05, 0.1) is 13.2 Å². The zero-order chi connectivity index (χ0) is 20.5. The molecule has 5 nitrogen and oxygen atoms in total. The highest BCUT2D eigenvalue weighted by atomic mass is 19.3. The molecule has 1 N–H and O–H groups in total. The van der Waals surface area contributed by atoms with E-state index in [4.69, 9.17) is 4.74 Å². The average Bonchev–Trinajstić information content (AvgIpc) is 2.64. The van der Waals surface area contributed by atoms with Gasteiger partial charge in [0.15, 0.2) is 11.5 Å². The second kappa shape index (κ2) is 10.6. The van der Waals surface area contributed by atoms with Gasteiger partial charge >= 0.3 is 6.61 Å². The smallest absolute Gasteiger partial charge is 0.387 e. The molecule has 2 aromatic carbocycles. The summed E-state index contributed by atoms with van der Waals surface area (Å²) in [6.45, 7) is 1.90. The number of alkyl halides is 2. The molecule has 0 saturated carbocycles. The average molecular weight is 392 g/mol. The van der Waals surface area contributed by atoms with Gasteiger partial charge in [0.1, 0.15) is 0 Å². The molecule has 28 heavy (non-hydrogen) atoms. The summed E-state index contributed by atoms with van der Waals surface area (Å²) in [5.74, 6) is 0.125. The van der Waals surface area contributed by atoms with Crippen LogP contribution in [0.5, 0.6) is 11.5 Å². The van der Waals surface area contributed by atoms with Gasteiger partial charge in [-0.2, -0.15) is 8.78 Å². The highest BCUT2D eigenvalue weighted by molar-refractivity contribution is 5.92. The Labute approximate surface area is 164 Å². The number of nitrogens with one attached hydrogen (secondary N) is 1. The normalized spacial score (nSPS) is 11.0. The first-order chi connectivity index (χ1) is 13.4. The fourth-order valence-corrected chi connectivity index (χ4v) is 2.75. The number of hydrogen-bond acceptors (Lipinski definition) is 4. The molecule has 2 aromatic rings. The van der Waals surface area contributed by atoms with E-state index in [0.29, 0.717) is 13.2 Å². The monoisotopic (exact) mass is 392 g/mol. The van der Waals surface area contributed by atoms with Crippen molar-refractivity contribution in [1.82, 2.24) is 4.90 Å². The first-order valence-electron chi connectivity index (χ1n) is 9.19. The SMILES string of the molecule is CCOc1cc(CN(C)CC(=O)Nc2ccc(CC)cc2)ccc1OC(F)F. The predicted molar refractivity (Wildman–Crippen MR) is 105 cm³/mol. The summed E-state index contributed by atoms with van der Waals surface area (Å²) in [5.41, 5.74) is 2.79. The van der Waals surface area contributed by atoms with E-state index in [-0.39, 0.29) is 24.0 Å². The molecule has 0 aliphatic heterocycles. The number of carbonyl (C=O) groups excluding carboxylic acids is 1. The summed E-state index contributed by atoms with van der Waals surface area (Å²) in [6, 6.07) is 12.5. The molecule has 0 radical (unpaired) electrons. The van der Waals surface area contributed by atoms with Crippen LogP contribution >= 0.6 is 0 Å². The van der Waals surface area contributed by atoms with E-state index in [1.807, 2.05) is 36.2 Å². The molecule has 0 aliphatic rings. The molecule has 0 aliphatic carbocycles. The zero-order valence-corrected chi connectivity index (χ0v) is 16.4. The molecule has 2 rings (SSSR count). The summed E-state index contributed by atoms with van der Waals surface area (Å²) in [6.07, 6.45) is 0.946. The Morgan fingerprint density at radius 3 is 2.36 bits per heavy atom. The van der Waals surface area contributed by atoms with Gasteiger partial charge in [0.2, 0.25) is 5.91 Å².